The summed E-state index contributed by atoms with van der Waals surface area (Å²) >= 11 is 0. The molecule has 0 saturated carbocycles. The van der Waals surface area contributed by atoms with Gasteiger partial charge in [-0.2, -0.15) is 9.78 Å². The van der Waals surface area contributed by atoms with Gasteiger partial charge in [0, 0.05) is 16.8 Å². The average Bonchev–Trinajstić information content (AvgIpc) is 2.89. The fourth-order valence-electron chi connectivity index (χ4n) is 3.49. The van der Waals surface area contributed by atoms with E-state index in [4.69, 9.17) is 4.74 Å². The second-order valence-electron chi connectivity index (χ2n) is 6.20. The molecule has 3 aromatic rings. The second-order valence-corrected chi connectivity index (χ2v) is 6.20. The van der Waals surface area contributed by atoms with E-state index in [2.05, 4.69) is 5.10 Å². The fraction of sp³-hybridized carbons (Fsp3) is 0.350. The highest BCUT2D eigenvalue weighted by atomic mass is 16.5. The summed E-state index contributed by atoms with van der Waals surface area (Å²) in [7, 11) is 0. The smallest absolute Gasteiger partial charge is 0.329 e. The van der Waals surface area contributed by atoms with Crippen LogP contribution in [0.5, 0.6) is 0 Å². The van der Waals surface area contributed by atoms with Crippen LogP contribution in [0.15, 0.2) is 41.3 Å². The lowest BCUT2D eigenvalue weighted by atomic mass is 10.2. The summed E-state index contributed by atoms with van der Waals surface area (Å²) < 4.78 is 8.52. The van der Waals surface area contributed by atoms with Crippen LogP contribution in [0.1, 0.15) is 37.7 Å². The van der Waals surface area contributed by atoms with Gasteiger partial charge in [0.25, 0.3) is 5.56 Å². The third-order valence-electron chi connectivity index (χ3n) is 4.71. The molecule has 0 aliphatic rings. The molecule has 0 saturated heterocycles. The van der Waals surface area contributed by atoms with Gasteiger partial charge in [0.05, 0.1) is 23.9 Å². The zero-order valence-electron chi connectivity index (χ0n) is 15.5. The van der Waals surface area contributed by atoms with Crippen LogP contribution in [0.3, 0.4) is 0 Å². The van der Waals surface area contributed by atoms with E-state index in [-0.39, 0.29) is 11.5 Å². The Morgan fingerprint density at radius 1 is 1.15 bits per heavy atom. The van der Waals surface area contributed by atoms with Crippen molar-refractivity contribution >= 4 is 16.7 Å². The van der Waals surface area contributed by atoms with Crippen molar-refractivity contribution in [3.05, 3.63) is 58.3 Å². The van der Waals surface area contributed by atoms with E-state index in [0.29, 0.717) is 24.1 Å². The molecule has 2 heterocycles. The molecule has 2 aromatic heterocycles. The van der Waals surface area contributed by atoms with Crippen molar-refractivity contribution in [3.63, 3.8) is 0 Å². The second kappa shape index (κ2) is 7.15. The van der Waals surface area contributed by atoms with E-state index in [1.54, 1.807) is 13.1 Å². The van der Waals surface area contributed by atoms with Gasteiger partial charge in [-0.25, -0.2) is 4.79 Å². The minimum absolute atomic E-state index is 0.188. The number of rotatable bonds is 5. The van der Waals surface area contributed by atoms with Crippen LogP contribution in [-0.4, -0.2) is 26.9 Å². The first-order chi connectivity index (χ1) is 12.5. The molecule has 6 nitrogen and oxygen atoms in total. The van der Waals surface area contributed by atoms with Crippen molar-refractivity contribution in [1.29, 1.82) is 0 Å². The SMILES string of the molecule is CCOC(=O)[C@@H](CC)n1c(C)c2cnn(-c3ccccc3)c(=O)c2c1C. The first-order valence-electron chi connectivity index (χ1n) is 8.82. The standard InChI is InChI=1S/C20H23N3O3/c1-5-17(20(25)26-6-2)22-13(3)16-12-21-23(15-10-8-7-9-11-15)19(24)18(16)14(22)4/h7-12,17H,5-6H2,1-4H3/t17-/m1/s1. The van der Waals surface area contributed by atoms with Crippen LogP contribution in [0.2, 0.25) is 0 Å². The molecule has 1 aromatic carbocycles. The Bertz CT molecular complexity index is 1000. The van der Waals surface area contributed by atoms with Gasteiger partial charge in [0.2, 0.25) is 0 Å². The molecule has 3 rings (SSSR count). The normalized spacial score (nSPS) is 12.3. The number of nitrogens with zero attached hydrogens (tertiary/aromatic N) is 3. The number of fused-ring (bicyclic) bond motifs is 1. The molecule has 0 amide bonds. The van der Waals surface area contributed by atoms with Crippen LogP contribution in [0.25, 0.3) is 16.5 Å². The van der Waals surface area contributed by atoms with E-state index in [1.807, 2.05) is 55.7 Å². The van der Waals surface area contributed by atoms with Crippen molar-refractivity contribution in [2.24, 2.45) is 0 Å². The molecule has 0 unspecified atom stereocenters. The Morgan fingerprint density at radius 2 is 1.85 bits per heavy atom. The molecule has 0 fully saturated rings. The van der Waals surface area contributed by atoms with E-state index < -0.39 is 6.04 Å². The van der Waals surface area contributed by atoms with Gasteiger partial charge in [0.15, 0.2) is 0 Å². The van der Waals surface area contributed by atoms with Crippen molar-refractivity contribution in [2.45, 2.75) is 40.2 Å². The molecule has 0 aliphatic heterocycles. The average molecular weight is 353 g/mol. The summed E-state index contributed by atoms with van der Waals surface area (Å²) in [5.74, 6) is -0.280. The van der Waals surface area contributed by atoms with Gasteiger partial charge < -0.3 is 9.30 Å². The summed E-state index contributed by atoms with van der Waals surface area (Å²) in [6.07, 6.45) is 2.28. The molecule has 6 heteroatoms. The summed E-state index contributed by atoms with van der Waals surface area (Å²) in [5, 5.41) is 5.69. The molecule has 26 heavy (non-hydrogen) atoms. The lowest BCUT2D eigenvalue weighted by molar-refractivity contribution is -0.147. The Balaban J connectivity index is 2.24. The molecule has 1 atom stereocenters. The van der Waals surface area contributed by atoms with Crippen LogP contribution < -0.4 is 5.56 Å². The highest BCUT2D eigenvalue weighted by molar-refractivity contribution is 5.88. The predicted octanol–water partition coefficient (Wildman–Crippen LogP) is 3.32. The van der Waals surface area contributed by atoms with Gasteiger partial charge in [-0.05, 0) is 39.3 Å². The van der Waals surface area contributed by atoms with Crippen molar-refractivity contribution in [1.82, 2.24) is 14.3 Å². The van der Waals surface area contributed by atoms with Crippen LogP contribution in [0, 0.1) is 13.8 Å². The number of carbonyl (C=O) groups excluding carboxylic acids is 1. The number of hydrogen-bond acceptors (Lipinski definition) is 4. The maximum Gasteiger partial charge on any atom is 0.329 e. The first-order valence-corrected chi connectivity index (χ1v) is 8.82. The lowest BCUT2D eigenvalue weighted by Gasteiger charge is -2.19. The van der Waals surface area contributed by atoms with Gasteiger partial charge >= 0.3 is 5.97 Å². The van der Waals surface area contributed by atoms with Gasteiger partial charge in [-0.15, -0.1) is 0 Å². The Kier molecular flexibility index (Phi) is 4.93. The van der Waals surface area contributed by atoms with Crippen LogP contribution >= 0.6 is 0 Å². The third kappa shape index (κ3) is 2.81. The van der Waals surface area contributed by atoms with Gasteiger partial charge in [-0.1, -0.05) is 25.1 Å². The highest BCUT2D eigenvalue weighted by Gasteiger charge is 2.26. The minimum Gasteiger partial charge on any atom is -0.464 e. The molecule has 0 bridgehead atoms. The molecule has 0 radical (unpaired) electrons. The zero-order chi connectivity index (χ0) is 18.8. The number of carbonyl (C=O) groups is 1. The van der Waals surface area contributed by atoms with Crippen LogP contribution in [0.4, 0.5) is 0 Å². The monoisotopic (exact) mass is 353 g/mol. The minimum atomic E-state index is -0.452. The summed E-state index contributed by atoms with van der Waals surface area (Å²) in [6, 6.07) is 8.85. The summed E-state index contributed by atoms with van der Waals surface area (Å²) in [4.78, 5) is 25.5. The van der Waals surface area contributed by atoms with Crippen molar-refractivity contribution in [3.8, 4) is 5.69 Å². The van der Waals surface area contributed by atoms with E-state index in [0.717, 1.165) is 16.8 Å². The molecule has 0 aliphatic carbocycles. The van der Waals surface area contributed by atoms with E-state index in [1.165, 1.54) is 4.68 Å². The number of aryl methyl sites for hydroxylation is 2. The Morgan fingerprint density at radius 3 is 2.46 bits per heavy atom. The number of hydrogen-bond donors (Lipinski definition) is 0. The Labute approximate surface area is 152 Å². The van der Waals surface area contributed by atoms with E-state index >= 15 is 0 Å². The van der Waals surface area contributed by atoms with Crippen LogP contribution in [-0.2, 0) is 9.53 Å². The molecule has 0 N–H and O–H groups in total. The van der Waals surface area contributed by atoms with Crippen molar-refractivity contribution < 1.29 is 9.53 Å². The largest absolute Gasteiger partial charge is 0.464 e. The summed E-state index contributed by atoms with van der Waals surface area (Å²) in [5.41, 5.74) is 2.13. The topological polar surface area (TPSA) is 66.1 Å². The fourth-order valence-corrected chi connectivity index (χ4v) is 3.49. The number of benzene rings is 1. The summed E-state index contributed by atoms with van der Waals surface area (Å²) in [6.45, 7) is 7.83. The quantitative estimate of drug-likeness (QED) is 0.660. The van der Waals surface area contributed by atoms with E-state index in [9.17, 15) is 9.59 Å². The Hall–Kier alpha value is -2.89. The molecular weight excluding hydrogens is 330 g/mol. The number of para-hydroxylation sites is 1. The highest BCUT2D eigenvalue weighted by Crippen LogP contribution is 2.28. The molecular formula is C20H23N3O3. The van der Waals surface area contributed by atoms with Crippen molar-refractivity contribution in [2.75, 3.05) is 6.61 Å². The van der Waals surface area contributed by atoms with Gasteiger partial charge in [0.1, 0.15) is 6.04 Å². The maximum absolute atomic E-state index is 13.1. The zero-order valence-corrected chi connectivity index (χ0v) is 15.5. The maximum atomic E-state index is 13.1. The predicted molar refractivity (Wildman–Crippen MR) is 101 cm³/mol. The number of esters is 1. The number of ether oxygens (including phenoxy) is 1. The van der Waals surface area contributed by atoms with Gasteiger partial charge in [-0.3, -0.25) is 4.79 Å². The molecule has 136 valence electrons. The molecule has 0 spiro atoms. The first kappa shape index (κ1) is 17.9. The third-order valence-corrected chi connectivity index (χ3v) is 4.71. The lowest BCUT2D eigenvalue weighted by Crippen LogP contribution is -2.24. The number of aromatic nitrogens is 3.